The lowest BCUT2D eigenvalue weighted by Crippen LogP contribution is -2.45. The summed E-state index contributed by atoms with van der Waals surface area (Å²) < 4.78 is 10.4. The molecule has 30 heavy (non-hydrogen) atoms. The van der Waals surface area contributed by atoms with Crippen LogP contribution in [0.25, 0.3) is 0 Å². The van der Waals surface area contributed by atoms with E-state index >= 15 is 0 Å². The summed E-state index contributed by atoms with van der Waals surface area (Å²) in [7, 11) is 1.61. The molecule has 1 atom stereocenters. The zero-order chi connectivity index (χ0) is 21.2. The molecular weight excluding hydrogens is 378 g/mol. The minimum Gasteiger partial charge on any atom is -0.382 e. The van der Waals surface area contributed by atoms with E-state index < -0.39 is 6.10 Å². The number of ether oxygens (including phenoxy) is 2. The first-order chi connectivity index (χ1) is 14.6. The summed E-state index contributed by atoms with van der Waals surface area (Å²) in [4.78, 5) is 17.2. The largest absolute Gasteiger partial charge is 0.382 e. The SMILES string of the molecule is COCCOC(C)C(=O)Nc1ccc(CN2CCN(Cc3ccccc3)CC2)cc1. The van der Waals surface area contributed by atoms with Crippen LogP contribution in [-0.4, -0.2) is 68.3 Å². The summed E-state index contributed by atoms with van der Waals surface area (Å²) in [5, 5.41) is 2.90. The quantitative estimate of drug-likeness (QED) is 0.609. The Kier molecular flexibility index (Phi) is 8.83. The van der Waals surface area contributed by atoms with Gasteiger partial charge < -0.3 is 14.8 Å². The van der Waals surface area contributed by atoms with Crippen LogP contribution in [0.3, 0.4) is 0 Å². The van der Waals surface area contributed by atoms with Crippen molar-refractivity contribution in [3.05, 3.63) is 65.7 Å². The highest BCUT2D eigenvalue weighted by Gasteiger charge is 2.17. The third-order valence-corrected chi connectivity index (χ3v) is 5.37. The Morgan fingerprint density at radius 1 is 0.900 bits per heavy atom. The Bertz CT molecular complexity index is 759. The number of nitrogens with one attached hydrogen (secondary N) is 1. The first-order valence-electron chi connectivity index (χ1n) is 10.6. The fraction of sp³-hybridized carbons (Fsp3) is 0.458. The summed E-state index contributed by atoms with van der Waals surface area (Å²) in [6.07, 6.45) is -0.507. The molecule has 0 saturated carbocycles. The number of anilines is 1. The third-order valence-electron chi connectivity index (χ3n) is 5.37. The Morgan fingerprint density at radius 2 is 1.47 bits per heavy atom. The van der Waals surface area contributed by atoms with Crippen molar-refractivity contribution in [3.63, 3.8) is 0 Å². The van der Waals surface area contributed by atoms with Crippen LogP contribution >= 0.6 is 0 Å². The Hall–Kier alpha value is -2.25. The number of carbonyl (C=O) groups excluding carboxylic acids is 1. The molecule has 0 aromatic heterocycles. The van der Waals surface area contributed by atoms with Gasteiger partial charge in [0.2, 0.25) is 0 Å². The molecule has 1 unspecified atom stereocenters. The highest BCUT2D eigenvalue weighted by Crippen LogP contribution is 2.14. The minimum absolute atomic E-state index is 0.145. The van der Waals surface area contributed by atoms with E-state index in [4.69, 9.17) is 9.47 Å². The van der Waals surface area contributed by atoms with Crippen LogP contribution in [-0.2, 0) is 27.4 Å². The lowest BCUT2D eigenvalue weighted by Gasteiger charge is -2.34. The van der Waals surface area contributed by atoms with E-state index in [-0.39, 0.29) is 5.91 Å². The molecule has 1 heterocycles. The predicted octanol–water partition coefficient (Wildman–Crippen LogP) is 2.99. The number of hydrogen-bond acceptors (Lipinski definition) is 5. The first-order valence-corrected chi connectivity index (χ1v) is 10.6. The smallest absolute Gasteiger partial charge is 0.253 e. The van der Waals surface area contributed by atoms with Crippen molar-refractivity contribution >= 4 is 11.6 Å². The lowest BCUT2D eigenvalue weighted by atomic mass is 10.1. The number of carbonyl (C=O) groups is 1. The average molecular weight is 412 g/mol. The number of piperazine rings is 1. The van der Waals surface area contributed by atoms with Gasteiger partial charge in [-0.25, -0.2) is 0 Å². The number of rotatable bonds is 10. The monoisotopic (exact) mass is 411 g/mol. The molecule has 0 spiro atoms. The summed E-state index contributed by atoms with van der Waals surface area (Å²) in [6.45, 7) is 8.91. The van der Waals surface area contributed by atoms with Gasteiger partial charge in [-0.05, 0) is 30.2 Å². The van der Waals surface area contributed by atoms with Gasteiger partial charge in [-0.2, -0.15) is 0 Å². The van der Waals surface area contributed by atoms with E-state index in [1.165, 1.54) is 11.1 Å². The molecule has 1 aliphatic rings. The number of benzene rings is 2. The van der Waals surface area contributed by atoms with E-state index in [1.54, 1.807) is 14.0 Å². The van der Waals surface area contributed by atoms with Crippen LogP contribution in [0.1, 0.15) is 18.1 Å². The molecule has 1 amide bonds. The molecule has 0 bridgehead atoms. The van der Waals surface area contributed by atoms with Gasteiger partial charge >= 0.3 is 0 Å². The van der Waals surface area contributed by atoms with Gasteiger partial charge in [0.1, 0.15) is 6.10 Å². The zero-order valence-corrected chi connectivity index (χ0v) is 18.0. The molecule has 6 heteroatoms. The van der Waals surface area contributed by atoms with Crippen molar-refractivity contribution in [1.82, 2.24) is 9.80 Å². The van der Waals surface area contributed by atoms with E-state index in [2.05, 4.69) is 57.6 Å². The molecule has 0 aliphatic carbocycles. The van der Waals surface area contributed by atoms with Crippen molar-refractivity contribution < 1.29 is 14.3 Å². The fourth-order valence-corrected chi connectivity index (χ4v) is 3.53. The number of hydrogen-bond donors (Lipinski definition) is 1. The van der Waals surface area contributed by atoms with Gasteiger partial charge in [0, 0.05) is 52.1 Å². The maximum atomic E-state index is 12.2. The molecule has 1 saturated heterocycles. The van der Waals surface area contributed by atoms with Crippen LogP contribution in [0.4, 0.5) is 5.69 Å². The second kappa shape index (κ2) is 11.8. The van der Waals surface area contributed by atoms with Gasteiger partial charge in [-0.1, -0.05) is 42.5 Å². The Balaban J connectivity index is 1.40. The molecular formula is C24H33N3O3. The molecule has 3 rings (SSSR count). The molecule has 162 valence electrons. The van der Waals surface area contributed by atoms with Crippen LogP contribution in [0.15, 0.2) is 54.6 Å². The first kappa shape index (κ1) is 22.4. The summed E-state index contributed by atoms with van der Waals surface area (Å²) >= 11 is 0. The summed E-state index contributed by atoms with van der Waals surface area (Å²) in [5.74, 6) is -0.145. The molecule has 1 fully saturated rings. The summed E-state index contributed by atoms with van der Waals surface area (Å²) in [6, 6.07) is 18.7. The molecule has 2 aromatic rings. The van der Waals surface area contributed by atoms with Gasteiger partial charge in [0.05, 0.1) is 13.2 Å². The second-order valence-electron chi connectivity index (χ2n) is 7.73. The van der Waals surface area contributed by atoms with Crippen LogP contribution in [0.2, 0.25) is 0 Å². The summed E-state index contributed by atoms with van der Waals surface area (Å²) in [5.41, 5.74) is 3.43. The number of methoxy groups -OCH3 is 1. The van der Waals surface area contributed by atoms with E-state index in [0.717, 1.165) is 45.0 Å². The van der Waals surface area contributed by atoms with Crippen molar-refractivity contribution in [2.24, 2.45) is 0 Å². The highest BCUT2D eigenvalue weighted by atomic mass is 16.5. The second-order valence-corrected chi connectivity index (χ2v) is 7.73. The highest BCUT2D eigenvalue weighted by molar-refractivity contribution is 5.93. The van der Waals surface area contributed by atoms with E-state index in [9.17, 15) is 4.79 Å². The third kappa shape index (κ3) is 7.22. The fourth-order valence-electron chi connectivity index (χ4n) is 3.53. The minimum atomic E-state index is -0.507. The maximum Gasteiger partial charge on any atom is 0.253 e. The average Bonchev–Trinajstić information content (AvgIpc) is 2.77. The molecule has 1 aliphatic heterocycles. The predicted molar refractivity (Wildman–Crippen MR) is 119 cm³/mol. The maximum absolute atomic E-state index is 12.2. The molecule has 0 radical (unpaired) electrons. The van der Waals surface area contributed by atoms with Crippen molar-refractivity contribution in [2.75, 3.05) is 51.8 Å². The normalized spacial score (nSPS) is 16.3. The topological polar surface area (TPSA) is 54.0 Å². The molecule has 1 N–H and O–H groups in total. The van der Waals surface area contributed by atoms with Gasteiger partial charge in [-0.15, -0.1) is 0 Å². The van der Waals surface area contributed by atoms with Crippen molar-refractivity contribution in [3.8, 4) is 0 Å². The van der Waals surface area contributed by atoms with Crippen LogP contribution in [0.5, 0.6) is 0 Å². The van der Waals surface area contributed by atoms with Crippen LogP contribution < -0.4 is 5.32 Å². The van der Waals surface area contributed by atoms with E-state index in [1.807, 2.05) is 12.1 Å². The van der Waals surface area contributed by atoms with E-state index in [0.29, 0.717) is 13.2 Å². The number of nitrogens with zero attached hydrogens (tertiary/aromatic N) is 2. The van der Waals surface area contributed by atoms with Gasteiger partial charge in [0.15, 0.2) is 0 Å². The molecule has 2 aromatic carbocycles. The standard InChI is InChI=1S/C24H33N3O3/c1-20(30-17-16-29-2)24(28)25-23-10-8-22(9-11-23)19-27-14-12-26(13-15-27)18-21-6-4-3-5-7-21/h3-11,20H,12-19H2,1-2H3,(H,25,28). The Morgan fingerprint density at radius 3 is 2.03 bits per heavy atom. The molecule has 6 nitrogen and oxygen atoms in total. The van der Waals surface area contributed by atoms with Crippen LogP contribution in [0, 0.1) is 0 Å². The zero-order valence-electron chi connectivity index (χ0n) is 18.0. The van der Waals surface area contributed by atoms with Gasteiger partial charge in [0.25, 0.3) is 5.91 Å². The van der Waals surface area contributed by atoms with Gasteiger partial charge in [-0.3, -0.25) is 14.6 Å². The number of amides is 1. The lowest BCUT2D eigenvalue weighted by molar-refractivity contribution is -0.127. The Labute approximate surface area is 179 Å². The van der Waals surface area contributed by atoms with Crippen molar-refractivity contribution in [2.45, 2.75) is 26.1 Å². The van der Waals surface area contributed by atoms with Crippen molar-refractivity contribution in [1.29, 1.82) is 0 Å².